The average molecular weight is 480 g/mol. The van der Waals surface area contributed by atoms with Crippen LogP contribution in [0.3, 0.4) is 0 Å². The van der Waals surface area contributed by atoms with Crippen LogP contribution < -0.4 is 11.1 Å². The summed E-state index contributed by atoms with van der Waals surface area (Å²) in [6, 6.07) is 11.7. The van der Waals surface area contributed by atoms with Gasteiger partial charge < -0.3 is 20.7 Å². The van der Waals surface area contributed by atoms with E-state index in [-0.39, 0.29) is 24.0 Å². The van der Waals surface area contributed by atoms with Crippen LogP contribution in [-0.2, 0) is 16.1 Å². The van der Waals surface area contributed by atoms with Crippen LogP contribution >= 0.6 is 0 Å². The molecule has 2 unspecified atom stereocenters. The first-order chi connectivity index (χ1) is 17.0. The Balaban J connectivity index is 1.54. The van der Waals surface area contributed by atoms with E-state index in [1.54, 1.807) is 29.4 Å². The molecular formula is C27H37N5O3. The summed E-state index contributed by atoms with van der Waals surface area (Å²) in [4.78, 5) is 34.8. The van der Waals surface area contributed by atoms with E-state index in [1.807, 2.05) is 0 Å². The molecule has 0 bridgehead atoms. The number of likely N-dealkylation sites (tertiary alicyclic amines) is 1. The van der Waals surface area contributed by atoms with Gasteiger partial charge in [0.05, 0.1) is 11.7 Å². The molecule has 0 radical (unpaired) electrons. The second kappa shape index (κ2) is 12.2. The molecule has 3 N–H and O–H groups in total. The van der Waals surface area contributed by atoms with E-state index >= 15 is 0 Å². The molecule has 0 spiro atoms. The van der Waals surface area contributed by atoms with Gasteiger partial charge in [0, 0.05) is 57.8 Å². The molecular weight excluding hydrogens is 442 g/mol. The number of carbonyl (C=O) groups excluding carboxylic acids is 2. The first-order valence-corrected chi connectivity index (χ1v) is 12.6. The Bertz CT molecular complexity index is 963. The van der Waals surface area contributed by atoms with Crippen molar-refractivity contribution in [2.75, 3.05) is 32.8 Å². The molecule has 35 heavy (non-hydrogen) atoms. The number of hydrogen-bond acceptors (Lipinski definition) is 6. The standard InChI is InChI=1S/C27H37N5O3/c1-20-6-8-21(9-7-20)18-31(19-24-5-3-15-35-24)23-10-14-32(25(16-23)26(33)30-13-11-28)27(34)22-4-2-12-29-17-22/h2,4,6-9,12,17,23-25H,3,5,10-11,13-16,18-19,28H2,1H3,(H,30,33)/t23?,24?,25-/m1/s1. The Morgan fingerprint density at radius 1 is 1.23 bits per heavy atom. The largest absolute Gasteiger partial charge is 0.377 e. The molecule has 0 aliphatic carbocycles. The number of nitrogens with one attached hydrogen (secondary N) is 1. The number of benzene rings is 1. The normalized spacial score (nSPS) is 22.4. The van der Waals surface area contributed by atoms with Crippen molar-refractivity contribution in [3.63, 3.8) is 0 Å². The summed E-state index contributed by atoms with van der Waals surface area (Å²) in [5.74, 6) is -0.307. The van der Waals surface area contributed by atoms with E-state index in [1.165, 1.54) is 11.1 Å². The van der Waals surface area contributed by atoms with E-state index in [0.29, 0.717) is 31.6 Å². The van der Waals surface area contributed by atoms with Crippen LogP contribution in [0.5, 0.6) is 0 Å². The zero-order valence-corrected chi connectivity index (χ0v) is 20.6. The van der Waals surface area contributed by atoms with Crippen molar-refractivity contribution in [2.24, 2.45) is 5.73 Å². The Kier molecular flexibility index (Phi) is 8.84. The third kappa shape index (κ3) is 6.66. The highest BCUT2D eigenvalue weighted by Crippen LogP contribution is 2.27. The number of nitrogens with two attached hydrogens (primary N) is 1. The van der Waals surface area contributed by atoms with Gasteiger partial charge in [-0.15, -0.1) is 0 Å². The van der Waals surface area contributed by atoms with Crippen molar-refractivity contribution < 1.29 is 14.3 Å². The van der Waals surface area contributed by atoms with Crippen LogP contribution in [0.4, 0.5) is 0 Å². The second-order valence-electron chi connectivity index (χ2n) is 9.56. The summed E-state index contributed by atoms with van der Waals surface area (Å²) in [6.07, 6.45) is 6.92. The van der Waals surface area contributed by atoms with Gasteiger partial charge in [0.2, 0.25) is 5.91 Å². The van der Waals surface area contributed by atoms with Crippen LogP contribution in [0.15, 0.2) is 48.8 Å². The number of piperidine rings is 1. The highest BCUT2D eigenvalue weighted by molar-refractivity contribution is 5.97. The Morgan fingerprint density at radius 2 is 2.06 bits per heavy atom. The van der Waals surface area contributed by atoms with Crippen molar-refractivity contribution in [3.05, 3.63) is 65.5 Å². The van der Waals surface area contributed by atoms with Gasteiger partial charge >= 0.3 is 0 Å². The number of nitrogens with zero attached hydrogens (tertiary/aromatic N) is 3. The fourth-order valence-corrected chi connectivity index (χ4v) is 5.06. The van der Waals surface area contributed by atoms with Crippen molar-refractivity contribution >= 4 is 11.8 Å². The van der Waals surface area contributed by atoms with Crippen LogP contribution in [0, 0.1) is 6.92 Å². The molecule has 2 saturated heterocycles. The molecule has 2 fully saturated rings. The SMILES string of the molecule is Cc1ccc(CN(CC2CCCO2)C2CCN(C(=O)c3cccnc3)[C@@H](C(=O)NCCN)C2)cc1. The third-order valence-corrected chi connectivity index (χ3v) is 6.98. The molecule has 8 heteroatoms. The fourth-order valence-electron chi connectivity index (χ4n) is 5.06. The summed E-state index contributed by atoms with van der Waals surface area (Å²) < 4.78 is 5.97. The Labute approximate surface area is 207 Å². The quantitative estimate of drug-likeness (QED) is 0.571. The lowest BCUT2D eigenvalue weighted by molar-refractivity contribution is -0.127. The van der Waals surface area contributed by atoms with Crippen molar-refractivity contribution in [1.29, 1.82) is 0 Å². The zero-order chi connectivity index (χ0) is 24.6. The van der Waals surface area contributed by atoms with Crippen LogP contribution in [0.25, 0.3) is 0 Å². The summed E-state index contributed by atoms with van der Waals surface area (Å²) in [5.41, 5.74) is 8.60. The smallest absolute Gasteiger partial charge is 0.256 e. The summed E-state index contributed by atoms with van der Waals surface area (Å²) in [7, 11) is 0. The minimum absolute atomic E-state index is 0.148. The Morgan fingerprint density at radius 3 is 2.74 bits per heavy atom. The van der Waals surface area contributed by atoms with Gasteiger partial charge in [-0.05, 0) is 50.3 Å². The molecule has 2 amide bonds. The molecule has 1 aromatic heterocycles. The van der Waals surface area contributed by atoms with E-state index in [0.717, 1.165) is 39.0 Å². The predicted octanol–water partition coefficient (Wildman–Crippen LogP) is 2.12. The zero-order valence-electron chi connectivity index (χ0n) is 20.6. The topological polar surface area (TPSA) is 101 Å². The molecule has 8 nitrogen and oxygen atoms in total. The fraction of sp³-hybridized carbons (Fsp3) is 0.519. The van der Waals surface area contributed by atoms with Gasteiger partial charge in [-0.1, -0.05) is 29.8 Å². The lowest BCUT2D eigenvalue weighted by Gasteiger charge is -2.43. The first kappa shape index (κ1) is 25.3. The number of ether oxygens (including phenoxy) is 1. The maximum absolute atomic E-state index is 13.3. The van der Waals surface area contributed by atoms with Gasteiger partial charge in [0.15, 0.2) is 0 Å². The van der Waals surface area contributed by atoms with Gasteiger partial charge in [-0.25, -0.2) is 0 Å². The molecule has 4 rings (SSSR count). The third-order valence-electron chi connectivity index (χ3n) is 6.98. The summed E-state index contributed by atoms with van der Waals surface area (Å²) in [5, 5.41) is 2.91. The highest BCUT2D eigenvalue weighted by Gasteiger charge is 2.39. The molecule has 2 aliphatic heterocycles. The number of amides is 2. The molecule has 1 aromatic carbocycles. The summed E-state index contributed by atoms with van der Waals surface area (Å²) in [6.45, 7) is 5.77. The summed E-state index contributed by atoms with van der Waals surface area (Å²) >= 11 is 0. The molecule has 2 aliphatic rings. The number of pyridine rings is 1. The maximum atomic E-state index is 13.3. The van der Waals surface area contributed by atoms with Crippen molar-refractivity contribution in [2.45, 2.75) is 57.3 Å². The van der Waals surface area contributed by atoms with E-state index < -0.39 is 6.04 Å². The van der Waals surface area contributed by atoms with E-state index in [2.05, 4.69) is 46.4 Å². The lowest BCUT2D eigenvalue weighted by Crippen LogP contribution is -2.58. The Hall–Kier alpha value is -2.81. The van der Waals surface area contributed by atoms with Crippen molar-refractivity contribution in [3.8, 4) is 0 Å². The molecule has 2 aromatic rings. The number of aromatic nitrogens is 1. The average Bonchev–Trinajstić information content (AvgIpc) is 3.41. The van der Waals surface area contributed by atoms with Crippen LogP contribution in [0.2, 0.25) is 0 Å². The van der Waals surface area contributed by atoms with E-state index in [9.17, 15) is 9.59 Å². The number of carbonyl (C=O) groups is 2. The molecule has 3 heterocycles. The number of aryl methyl sites for hydroxylation is 1. The maximum Gasteiger partial charge on any atom is 0.256 e. The van der Waals surface area contributed by atoms with Gasteiger partial charge in [0.1, 0.15) is 6.04 Å². The van der Waals surface area contributed by atoms with Crippen LogP contribution in [0.1, 0.15) is 47.2 Å². The second-order valence-corrected chi connectivity index (χ2v) is 9.56. The van der Waals surface area contributed by atoms with Gasteiger partial charge in [-0.3, -0.25) is 19.5 Å². The first-order valence-electron chi connectivity index (χ1n) is 12.6. The van der Waals surface area contributed by atoms with E-state index in [4.69, 9.17) is 10.5 Å². The highest BCUT2D eigenvalue weighted by atomic mass is 16.5. The minimum Gasteiger partial charge on any atom is -0.377 e. The minimum atomic E-state index is -0.557. The van der Waals surface area contributed by atoms with Crippen molar-refractivity contribution in [1.82, 2.24) is 20.1 Å². The number of hydrogen-bond donors (Lipinski definition) is 2. The molecule has 0 saturated carbocycles. The molecule has 188 valence electrons. The molecule has 3 atom stereocenters. The van der Waals surface area contributed by atoms with Gasteiger partial charge in [0.25, 0.3) is 5.91 Å². The monoisotopic (exact) mass is 479 g/mol. The number of rotatable bonds is 9. The van der Waals surface area contributed by atoms with Crippen LogP contribution in [-0.4, -0.2) is 77.6 Å². The van der Waals surface area contributed by atoms with Gasteiger partial charge in [-0.2, -0.15) is 0 Å². The lowest BCUT2D eigenvalue weighted by atomic mass is 9.93. The predicted molar refractivity (Wildman–Crippen MR) is 135 cm³/mol.